The highest BCUT2D eigenvalue weighted by atomic mass is 15.0. The fraction of sp³-hybridized carbons (Fsp3) is 0.615. The van der Waals surface area contributed by atoms with Crippen LogP contribution < -0.4 is 5.32 Å². The molecular formula is C13H20N2. The highest BCUT2D eigenvalue weighted by molar-refractivity contribution is 5.19. The first kappa shape index (κ1) is 10.6. The van der Waals surface area contributed by atoms with Crippen LogP contribution in [0, 0.1) is 6.92 Å². The fourth-order valence-corrected chi connectivity index (χ4v) is 2.52. The molecule has 1 aromatic heterocycles. The lowest BCUT2D eigenvalue weighted by Crippen LogP contribution is -2.28. The molecule has 0 bridgehead atoms. The van der Waals surface area contributed by atoms with E-state index in [1.165, 1.54) is 24.1 Å². The van der Waals surface area contributed by atoms with Crippen LogP contribution in [-0.4, -0.2) is 17.1 Å². The van der Waals surface area contributed by atoms with Gasteiger partial charge in [-0.3, -0.25) is 4.98 Å². The van der Waals surface area contributed by atoms with Crippen molar-refractivity contribution in [2.75, 3.05) is 0 Å². The maximum atomic E-state index is 4.55. The molecule has 2 nitrogen and oxygen atoms in total. The van der Waals surface area contributed by atoms with E-state index in [0.717, 1.165) is 0 Å². The van der Waals surface area contributed by atoms with Crippen molar-refractivity contribution in [1.29, 1.82) is 0 Å². The Kier molecular flexibility index (Phi) is 3.06. The van der Waals surface area contributed by atoms with Crippen LogP contribution in [0.2, 0.25) is 0 Å². The van der Waals surface area contributed by atoms with Gasteiger partial charge in [-0.25, -0.2) is 0 Å². The number of rotatable bonds is 2. The second-order valence-corrected chi connectivity index (χ2v) is 4.69. The number of nitrogens with one attached hydrogen (secondary N) is 1. The van der Waals surface area contributed by atoms with Crippen molar-refractivity contribution in [1.82, 2.24) is 10.3 Å². The normalized spacial score (nSPS) is 30.7. The van der Waals surface area contributed by atoms with Gasteiger partial charge in [0.25, 0.3) is 0 Å². The van der Waals surface area contributed by atoms with E-state index in [1.54, 1.807) is 0 Å². The Morgan fingerprint density at radius 1 is 1.47 bits per heavy atom. The molecule has 3 unspecified atom stereocenters. The Labute approximate surface area is 92.1 Å². The molecule has 2 rings (SSSR count). The molecule has 15 heavy (non-hydrogen) atoms. The summed E-state index contributed by atoms with van der Waals surface area (Å²) in [6.07, 6.45) is 4.38. The Morgan fingerprint density at radius 2 is 2.27 bits per heavy atom. The van der Waals surface area contributed by atoms with Gasteiger partial charge in [0.2, 0.25) is 0 Å². The highest BCUT2D eigenvalue weighted by Crippen LogP contribution is 2.31. The molecule has 1 aliphatic rings. The van der Waals surface area contributed by atoms with Gasteiger partial charge in [-0.2, -0.15) is 0 Å². The van der Waals surface area contributed by atoms with Gasteiger partial charge in [-0.15, -0.1) is 0 Å². The number of pyridine rings is 1. The van der Waals surface area contributed by atoms with Crippen molar-refractivity contribution < 1.29 is 0 Å². The summed E-state index contributed by atoms with van der Waals surface area (Å²) < 4.78 is 0. The first-order valence-electron chi connectivity index (χ1n) is 5.89. The molecule has 1 N–H and O–H groups in total. The summed E-state index contributed by atoms with van der Waals surface area (Å²) in [5.41, 5.74) is 2.50. The van der Waals surface area contributed by atoms with Crippen LogP contribution in [0.5, 0.6) is 0 Å². The minimum Gasteiger partial charge on any atom is -0.311 e. The molecule has 1 aromatic rings. The van der Waals surface area contributed by atoms with Crippen LogP contribution in [-0.2, 0) is 0 Å². The Morgan fingerprint density at radius 3 is 2.87 bits per heavy atom. The minimum atomic E-state index is 0.602. The van der Waals surface area contributed by atoms with Crippen LogP contribution >= 0.6 is 0 Å². The van der Waals surface area contributed by atoms with E-state index < -0.39 is 0 Å². The van der Waals surface area contributed by atoms with Crippen molar-refractivity contribution >= 4 is 0 Å². The third kappa shape index (κ3) is 2.20. The Bertz CT molecular complexity index is 318. The van der Waals surface area contributed by atoms with Crippen molar-refractivity contribution in [3.63, 3.8) is 0 Å². The summed E-state index contributed by atoms with van der Waals surface area (Å²) in [6, 6.07) is 5.58. The molecule has 3 atom stereocenters. The number of hydrogen-bond acceptors (Lipinski definition) is 2. The third-order valence-electron chi connectivity index (χ3n) is 3.35. The maximum absolute atomic E-state index is 4.55. The number of hydrogen-bond donors (Lipinski definition) is 1. The topological polar surface area (TPSA) is 24.9 Å². The van der Waals surface area contributed by atoms with Gasteiger partial charge < -0.3 is 5.32 Å². The molecular weight excluding hydrogens is 184 g/mol. The van der Waals surface area contributed by atoms with E-state index in [4.69, 9.17) is 0 Å². The van der Waals surface area contributed by atoms with Crippen LogP contribution in [0.4, 0.5) is 0 Å². The standard InChI is InChI=1S/C13H20N2/c1-4-12-11(7-10(3)15-12)13-6-5-9(2)8-14-13/h5-6,8,10-12,15H,4,7H2,1-3H3. The molecule has 82 valence electrons. The largest absolute Gasteiger partial charge is 0.311 e. The summed E-state index contributed by atoms with van der Waals surface area (Å²) in [7, 11) is 0. The van der Waals surface area contributed by atoms with Gasteiger partial charge in [0.15, 0.2) is 0 Å². The SMILES string of the molecule is CCC1NC(C)CC1c1ccc(C)cn1. The molecule has 0 amide bonds. The maximum Gasteiger partial charge on any atom is 0.0450 e. The lowest BCUT2D eigenvalue weighted by molar-refractivity contribution is 0.511. The van der Waals surface area contributed by atoms with Crippen LogP contribution in [0.1, 0.15) is 43.9 Å². The monoisotopic (exact) mass is 204 g/mol. The predicted molar refractivity (Wildman–Crippen MR) is 63.0 cm³/mol. The average Bonchev–Trinajstić information content (AvgIpc) is 2.61. The number of aryl methyl sites for hydroxylation is 1. The van der Waals surface area contributed by atoms with Crippen molar-refractivity contribution in [2.45, 2.75) is 51.6 Å². The van der Waals surface area contributed by atoms with E-state index in [1.807, 2.05) is 6.20 Å². The molecule has 2 heteroatoms. The molecule has 1 saturated heterocycles. The predicted octanol–water partition coefficient (Wildman–Crippen LogP) is 2.63. The first-order valence-corrected chi connectivity index (χ1v) is 5.89. The number of nitrogens with zero attached hydrogens (tertiary/aromatic N) is 1. The summed E-state index contributed by atoms with van der Waals surface area (Å²) in [5, 5.41) is 3.63. The van der Waals surface area contributed by atoms with Crippen molar-refractivity contribution in [3.05, 3.63) is 29.6 Å². The van der Waals surface area contributed by atoms with Gasteiger partial charge >= 0.3 is 0 Å². The van der Waals surface area contributed by atoms with Crippen LogP contribution in [0.15, 0.2) is 18.3 Å². The summed E-state index contributed by atoms with van der Waals surface area (Å²) in [6.45, 7) is 6.59. The van der Waals surface area contributed by atoms with Gasteiger partial charge in [-0.1, -0.05) is 13.0 Å². The van der Waals surface area contributed by atoms with Gasteiger partial charge in [0.1, 0.15) is 0 Å². The molecule has 1 fully saturated rings. The lowest BCUT2D eigenvalue weighted by Gasteiger charge is -2.17. The van der Waals surface area contributed by atoms with E-state index >= 15 is 0 Å². The molecule has 0 radical (unpaired) electrons. The minimum absolute atomic E-state index is 0.602. The quantitative estimate of drug-likeness (QED) is 0.801. The third-order valence-corrected chi connectivity index (χ3v) is 3.35. The van der Waals surface area contributed by atoms with E-state index in [0.29, 0.717) is 18.0 Å². The van der Waals surface area contributed by atoms with Crippen LogP contribution in [0.3, 0.4) is 0 Å². The fourth-order valence-electron chi connectivity index (χ4n) is 2.52. The Balaban J connectivity index is 2.19. The smallest absolute Gasteiger partial charge is 0.0450 e. The molecule has 0 spiro atoms. The average molecular weight is 204 g/mol. The zero-order valence-corrected chi connectivity index (χ0v) is 9.83. The Hall–Kier alpha value is -0.890. The van der Waals surface area contributed by atoms with Gasteiger partial charge in [0, 0.05) is 29.9 Å². The van der Waals surface area contributed by atoms with Gasteiger partial charge in [0.05, 0.1) is 0 Å². The molecule has 2 heterocycles. The van der Waals surface area contributed by atoms with E-state index in [9.17, 15) is 0 Å². The second kappa shape index (κ2) is 4.31. The van der Waals surface area contributed by atoms with Gasteiger partial charge in [-0.05, 0) is 38.3 Å². The van der Waals surface area contributed by atoms with Crippen LogP contribution in [0.25, 0.3) is 0 Å². The zero-order valence-electron chi connectivity index (χ0n) is 9.83. The van der Waals surface area contributed by atoms with E-state index in [2.05, 4.69) is 43.2 Å². The summed E-state index contributed by atoms with van der Waals surface area (Å²) in [4.78, 5) is 4.55. The highest BCUT2D eigenvalue weighted by Gasteiger charge is 2.31. The van der Waals surface area contributed by atoms with Crippen molar-refractivity contribution in [2.24, 2.45) is 0 Å². The first-order chi connectivity index (χ1) is 7.20. The zero-order chi connectivity index (χ0) is 10.8. The number of aromatic nitrogens is 1. The molecule has 0 aromatic carbocycles. The molecule has 1 aliphatic heterocycles. The lowest BCUT2D eigenvalue weighted by atomic mass is 9.93. The van der Waals surface area contributed by atoms with E-state index in [-0.39, 0.29) is 0 Å². The summed E-state index contributed by atoms with van der Waals surface area (Å²) in [5.74, 6) is 0.602. The molecule has 0 aliphatic carbocycles. The van der Waals surface area contributed by atoms with Crippen molar-refractivity contribution in [3.8, 4) is 0 Å². The second-order valence-electron chi connectivity index (χ2n) is 4.69. The summed E-state index contributed by atoms with van der Waals surface area (Å²) >= 11 is 0. The molecule has 0 saturated carbocycles.